The molecule has 4 rings (SSSR count). The first-order valence-corrected chi connectivity index (χ1v) is 12.6. The number of urea groups is 1. The maximum absolute atomic E-state index is 12.9. The zero-order valence-corrected chi connectivity index (χ0v) is 22.7. The van der Waals surface area contributed by atoms with Gasteiger partial charge in [-0.2, -0.15) is 5.26 Å². The number of rotatable bonds is 8. The molecule has 0 atom stereocenters. The van der Waals surface area contributed by atoms with Gasteiger partial charge in [0.1, 0.15) is 18.8 Å². The van der Waals surface area contributed by atoms with Gasteiger partial charge in [-0.15, -0.1) is 0 Å². The van der Waals surface area contributed by atoms with Gasteiger partial charge in [-0.05, 0) is 77.0 Å². The largest absolute Gasteiger partial charge is 0.493 e. The molecule has 4 amide bonds. The average Bonchev–Trinajstić information content (AvgIpc) is 3.15. The fourth-order valence-corrected chi connectivity index (χ4v) is 4.60. The fourth-order valence-electron chi connectivity index (χ4n) is 3.82. The minimum Gasteiger partial charge on any atom is -0.493 e. The number of hydrogen-bond donors (Lipinski definition) is 2. The molecular weight excluding hydrogens is 599 g/mol. The van der Waals surface area contributed by atoms with E-state index >= 15 is 0 Å². The van der Waals surface area contributed by atoms with Gasteiger partial charge in [0.2, 0.25) is 5.91 Å². The predicted octanol–water partition coefficient (Wildman–Crippen LogP) is 4.59. The van der Waals surface area contributed by atoms with Crippen LogP contribution in [0.15, 0.2) is 66.4 Å². The first-order chi connectivity index (χ1) is 18.3. The van der Waals surface area contributed by atoms with E-state index in [1.54, 1.807) is 42.5 Å². The number of amides is 4. The van der Waals surface area contributed by atoms with Crippen LogP contribution in [0.1, 0.15) is 22.3 Å². The lowest BCUT2D eigenvalue weighted by atomic mass is 10.1. The molecule has 10 heteroatoms. The summed E-state index contributed by atoms with van der Waals surface area (Å²) in [6.07, 6.45) is 1.51. The van der Waals surface area contributed by atoms with Crippen LogP contribution in [0.3, 0.4) is 0 Å². The van der Waals surface area contributed by atoms with Gasteiger partial charge in [0.25, 0.3) is 5.91 Å². The molecule has 1 aliphatic rings. The van der Waals surface area contributed by atoms with Gasteiger partial charge < -0.3 is 20.1 Å². The maximum Gasteiger partial charge on any atom is 0.329 e. The third kappa shape index (κ3) is 6.12. The van der Waals surface area contributed by atoms with Crippen molar-refractivity contribution in [1.82, 2.24) is 10.2 Å². The second-order valence-electron chi connectivity index (χ2n) is 8.39. The summed E-state index contributed by atoms with van der Waals surface area (Å²) >= 11 is 2.09. The van der Waals surface area contributed by atoms with Crippen LogP contribution in [0.2, 0.25) is 0 Å². The van der Waals surface area contributed by atoms with E-state index in [4.69, 9.17) is 9.47 Å². The van der Waals surface area contributed by atoms with Crippen LogP contribution in [0.4, 0.5) is 10.5 Å². The zero-order chi connectivity index (χ0) is 27.2. The second-order valence-corrected chi connectivity index (χ2v) is 9.55. The quantitative estimate of drug-likeness (QED) is 0.216. The predicted molar refractivity (Wildman–Crippen MR) is 149 cm³/mol. The highest BCUT2D eigenvalue weighted by atomic mass is 127. The average molecular weight is 622 g/mol. The Morgan fingerprint density at radius 2 is 1.95 bits per heavy atom. The molecule has 0 unspecified atom stereocenters. The molecule has 2 N–H and O–H groups in total. The first kappa shape index (κ1) is 26.7. The first-order valence-electron chi connectivity index (χ1n) is 11.5. The van der Waals surface area contributed by atoms with Crippen LogP contribution in [-0.2, 0) is 16.2 Å². The van der Waals surface area contributed by atoms with E-state index in [1.807, 2.05) is 25.1 Å². The van der Waals surface area contributed by atoms with Crippen LogP contribution >= 0.6 is 22.6 Å². The highest BCUT2D eigenvalue weighted by molar-refractivity contribution is 14.1. The molecule has 0 spiro atoms. The van der Waals surface area contributed by atoms with Crippen LogP contribution in [0.5, 0.6) is 11.5 Å². The molecule has 1 aliphatic heterocycles. The lowest BCUT2D eigenvalue weighted by Crippen LogP contribution is -2.38. The zero-order valence-electron chi connectivity index (χ0n) is 20.6. The molecular formula is C28H23IN4O5. The monoisotopic (exact) mass is 622 g/mol. The smallest absolute Gasteiger partial charge is 0.329 e. The number of carbonyl (C=O) groups is 3. The Hall–Kier alpha value is -4.37. The van der Waals surface area contributed by atoms with Crippen LogP contribution < -0.4 is 20.1 Å². The van der Waals surface area contributed by atoms with E-state index in [2.05, 4.69) is 39.3 Å². The molecule has 0 saturated carbocycles. The Morgan fingerprint density at radius 1 is 1.16 bits per heavy atom. The number of ether oxygens (including phenoxy) is 2. The number of imide groups is 1. The van der Waals surface area contributed by atoms with Crippen molar-refractivity contribution in [1.29, 1.82) is 5.26 Å². The SMILES string of the molecule is COc1cc(/C=C2/NC(=O)N(CC(=O)Nc3cccc(C)c3)C2=O)cc(I)c1OCc1ccccc1C#N. The topological polar surface area (TPSA) is 121 Å². The van der Waals surface area contributed by atoms with Crippen molar-refractivity contribution in [2.45, 2.75) is 13.5 Å². The number of carbonyl (C=O) groups excluding carboxylic acids is 3. The number of halogens is 1. The van der Waals surface area contributed by atoms with E-state index in [9.17, 15) is 19.6 Å². The van der Waals surface area contributed by atoms with Crippen molar-refractivity contribution in [2.75, 3.05) is 19.0 Å². The summed E-state index contributed by atoms with van der Waals surface area (Å²) in [4.78, 5) is 38.6. The van der Waals surface area contributed by atoms with E-state index < -0.39 is 24.4 Å². The van der Waals surface area contributed by atoms with Gasteiger partial charge in [-0.1, -0.05) is 30.3 Å². The number of anilines is 1. The van der Waals surface area contributed by atoms with E-state index in [-0.39, 0.29) is 12.3 Å². The van der Waals surface area contributed by atoms with Crippen molar-refractivity contribution >= 4 is 52.2 Å². The van der Waals surface area contributed by atoms with Crippen molar-refractivity contribution in [2.24, 2.45) is 0 Å². The lowest BCUT2D eigenvalue weighted by Gasteiger charge is -2.14. The number of benzene rings is 3. The number of hydrogen-bond acceptors (Lipinski definition) is 6. The molecule has 0 bridgehead atoms. The Kier molecular flexibility index (Phi) is 8.28. The Balaban J connectivity index is 1.48. The number of methoxy groups -OCH3 is 1. The molecule has 1 fully saturated rings. The van der Waals surface area contributed by atoms with Crippen molar-refractivity contribution in [3.05, 3.63) is 92.2 Å². The Bertz CT molecular complexity index is 1490. The molecule has 0 aromatic heterocycles. The van der Waals surface area contributed by atoms with Gasteiger partial charge in [0, 0.05) is 11.3 Å². The molecule has 0 radical (unpaired) electrons. The second kappa shape index (κ2) is 11.8. The van der Waals surface area contributed by atoms with Gasteiger partial charge in [0.15, 0.2) is 11.5 Å². The van der Waals surface area contributed by atoms with Crippen molar-refractivity contribution in [3.63, 3.8) is 0 Å². The van der Waals surface area contributed by atoms with E-state index in [1.165, 1.54) is 13.2 Å². The molecule has 9 nitrogen and oxygen atoms in total. The summed E-state index contributed by atoms with van der Waals surface area (Å²) < 4.78 is 12.2. The number of nitrogens with zero attached hydrogens (tertiary/aromatic N) is 2. The van der Waals surface area contributed by atoms with Gasteiger partial charge in [-0.3, -0.25) is 9.59 Å². The third-order valence-electron chi connectivity index (χ3n) is 5.64. The number of nitrogens with one attached hydrogen (secondary N) is 2. The fraction of sp³-hybridized carbons (Fsp3) is 0.143. The summed E-state index contributed by atoms with van der Waals surface area (Å²) in [5.74, 6) is -0.198. The number of nitriles is 1. The van der Waals surface area contributed by atoms with Gasteiger partial charge >= 0.3 is 6.03 Å². The summed E-state index contributed by atoms with van der Waals surface area (Å²) in [6.45, 7) is 1.64. The summed E-state index contributed by atoms with van der Waals surface area (Å²) in [5, 5.41) is 14.5. The molecule has 1 saturated heterocycles. The maximum atomic E-state index is 12.9. The molecule has 38 heavy (non-hydrogen) atoms. The van der Waals surface area contributed by atoms with E-state index in [0.29, 0.717) is 31.9 Å². The molecule has 3 aromatic carbocycles. The van der Waals surface area contributed by atoms with Gasteiger partial charge in [-0.25, -0.2) is 9.69 Å². The van der Waals surface area contributed by atoms with Crippen molar-refractivity contribution in [3.8, 4) is 17.6 Å². The normalized spacial score (nSPS) is 13.7. The lowest BCUT2D eigenvalue weighted by molar-refractivity contribution is -0.127. The van der Waals surface area contributed by atoms with E-state index in [0.717, 1.165) is 16.0 Å². The summed E-state index contributed by atoms with van der Waals surface area (Å²) in [6, 6.07) is 19.3. The minimum atomic E-state index is -0.682. The molecule has 0 aliphatic carbocycles. The standard InChI is InChI=1S/C28H23IN4O5/c1-17-6-5-9-21(10-17)31-25(34)15-33-27(35)23(32-28(33)36)12-18-11-22(29)26(24(13-18)37-2)38-16-20-8-4-3-7-19(20)14-30/h3-13H,15-16H2,1-2H3,(H,31,34)(H,32,36)/b23-12+. The Morgan fingerprint density at radius 3 is 2.68 bits per heavy atom. The number of aryl methyl sites for hydroxylation is 1. The highest BCUT2D eigenvalue weighted by Crippen LogP contribution is 2.35. The van der Waals surface area contributed by atoms with Crippen molar-refractivity contribution < 1.29 is 23.9 Å². The van der Waals surface area contributed by atoms with Gasteiger partial charge in [0.05, 0.1) is 22.3 Å². The van der Waals surface area contributed by atoms with Crippen LogP contribution in [-0.4, -0.2) is 36.4 Å². The molecule has 3 aromatic rings. The van der Waals surface area contributed by atoms with Crippen LogP contribution in [0.25, 0.3) is 6.08 Å². The summed E-state index contributed by atoms with van der Waals surface area (Å²) in [7, 11) is 1.50. The van der Waals surface area contributed by atoms with Crippen LogP contribution in [0, 0.1) is 21.8 Å². The summed E-state index contributed by atoms with van der Waals surface area (Å²) in [5.41, 5.74) is 3.44. The minimum absolute atomic E-state index is 0.0350. The Labute approximate surface area is 233 Å². The highest BCUT2D eigenvalue weighted by Gasteiger charge is 2.35. The third-order valence-corrected chi connectivity index (χ3v) is 6.44. The molecule has 192 valence electrons. The molecule has 1 heterocycles.